The van der Waals surface area contributed by atoms with Gasteiger partial charge in [0, 0.05) is 13.0 Å². The maximum Gasteiger partial charge on any atom is 0.335 e. The van der Waals surface area contributed by atoms with Gasteiger partial charge in [-0.25, -0.2) is 4.79 Å². The Morgan fingerprint density at radius 3 is 2.65 bits per heavy atom. The van der Waals surface area contributed by atoms with Crippen LogP contribution < -0.4 is 0 Å². The third-order valence-corrected chi connectivity index (χ3v) is 3.59. The van der Waals surface area contributed by atoms with Gasteiger partial charge in [0.2, 0.25) is 5.91 Å². The zero-order chi connectivity index (χ0) is 14.5. The molecule has 0 aliphatic carbocycles. The summed E-state index contributed by atoms with van der Waals surface area (Å²) < 4.78 is 0. The van der Waals surface area contributed by atoms with Gasteiger partial charge in [-0.3, -0.25) is 4.79 Å². The van der Waals surface area contributed by atoms with Crippen molar-refractivity contribution in [1.82, 2.24) is 4.90 Å². The minimum atomic E-state index is -0.920. The molecule has 2 rings (SSSR count). The number of carboxylic acid groups (broad SMARTS) is 1. The van der Waals surface area contributed by atoms with Crippen LogP contribution in [0.5, 0.6) is 0 Å². The number of hydrogen-bond acceptors (Lipinski definition) is 2. The Balaban J connectivity index is 2.05. The molecule has 1 aliphatic rings. The summed E-state index contributed by atoms with van der Waals surface area (Å²) in [6.07, 6.45) is 6.57. The van der Waals surface area contributed by atoms with Crippen molar-refractivity contribution >= 4 is 18.0 Å². The van der Waals surface area contributed by atoms with Crippen molar-refractivity contribution in [3.8, 4) is 0 Å². The van der Waals surface area contributed by atoms with Crippen LogP contribution in [-0.2, 0) is 4.79 Å². The first-order valence-electron chi connectivity index (χ1n) is 6.93. The molecule has 1 fully saturated rings. The van der Waals surface area contributed by atoms with Crippen LogP contribution in [0.25, 0.3) is 6.08 Å². The van der Waals surface area contributed by atoms with Gasteiger partial charge in [0.15, 0.2) is 0 Å². The second-order valence-corrected chi connectivity index (χ2v) is 4.94. The largest absolute Gasteiger partial charge is 0.478 e. The van der Waals surface area contributed by atoms with Gasteiger partial charge in [0.25, 0.3) is 0 Å². The van der Waals surface area contributed by atoms with Crippen LogP contribution in [0.2, 0.25) is 0 Å². The molecule has 0 bridgehead atoms. The molecular formula is C16H19NO3. The molecule has 1 heterocycles. The molecule has 1 aliphatic heterocycles. The van der Waals surface area contributed by atoms with Gasteiger partial charge in [-0.15, -0.1) is 0 Å². The van der Waals surface area contributed by atoms with Gasteiger partial charge in [0.05, 0.1) is 11.6 Å². The Morgan fingerprint density at radius 2 is 2.05 bits per heavy atom. The fourth-order valence-electron chi connectivity index (χ4n) is 2.46. The summed E-state index contributed by atoms with van der Waals surface area (Å²) in [6, 6.07) is 6.90. The fourth-order valence-corrected chi connectivity index (χ4v) is 2.46. The molecule has 0 saturated carbocycles. The lowest BCUT2D eigenvalue weighted by Gasteiger charge is -2.21. The van der Waals surface area contributed by atoms with E-state index in [4.69, 9.17) is 5.11 Å². The Bertz CT molecular complexity index is 519. The highest BCUT2D eigenvalue weighted by atomic mass is 16.4. The number of aromatic carboxylic acids is 1. The molecule has 0 radical (unpaired) electrons. The second kappa shape index (κ2) is 6.37. The van der Waals surface area contributed by atoms with E-state index in [0.717, 1.165) is 24.9 Å². The summed E-state index contributed by atoms with van der Waals surface area (Å²) in [4.78, 5) is 24.5. The number of rotatable bonds is 4. The highest BCUT2D eigenvalue weighted by Crippen LogP contribution is 2.20. The normalized spacial score (nSPS) is 18.6. The predicted molar refractivity (Wildman–Crippen MR) is 77.5 cm³/mol. The summed E-state index contributed by atoms with van der Waals surface area (Å²) in [6.45, 7) is 2.71. The highest BCUT2D eigenvalue weighted by Gasteiger charge is 2.25. The molecule has 1 saturated heterocycles. The summed E-state index contributed by atoms with van der Waals surface area (Å²) in [7, 11) is 0. The Hall–Kier alpha value is -2.10. The SMILES string of the molecule is CCC(=O)N1CCCC1/C=C/c1ccc(C(=O)O)cc1. The van der Waals surface area contributed by atoms with E-state index in [1.165, 1.54) is 0 Å². The number of amides is 1. The predicted octanol–water partition coefficient (Wildman–Crippen LogP) is 2.80. The molecule has 0 aromatic heterocycles. The van der Waals surface area contributed by atoms with Crippen LogP contribution in [-0.4, -0.2) is 34.5 Å². The first-order chi connectivity index (χ1) is 9.61. The van der Waals surface area contributed by atoms with Crippen molar-refractivity contribution in [2.75, 3.05) is 6.54 Å². The van der Waals surface area contributed by atoms with E-state index in [1.807, 2.05) is 24.0 Å². The minimum Gasteiger partial charge on any atom is -0.478 e. The summed E-state index contributed by atoms with van der Waals surface area (Å²) in [5, 5.41) is 8.84. The maximum absolute atomic E-state index is 11.8. The number of carbonyl (C=O) groups is 2. The van der Waals surface area contributed by atoms with Crippen LogP contribution in [0.1, 0.15) is 42.1 Å². The molecule has 1 unspecified atom stereocenters. The summed E-state index contributed by atoms with van der Waals surface area (Å²) in [5.41, 5.74) is 1.23. The van der Waals surface area contributed by atoms with E-state index >= 15 is 0 Å². The van der Waals surface area contributed by atoms with E-state index in [2.05, 4.69) is 0 Å². The van der Waals surface area contributed by atoms with Crippen LogP contribution in [0.4, 0.5) is 0 Å². The number of nitrogens with zero attached hydrogens (tertiary/aromatic N) is 1. The zero-order valence-electron chi connectivity index (χ0n) is 11.6. The van der Waals surface area contributed by atoms with E-state index in [9.17, 15) is 9.59 Å². The first kappa shape index (κ1) is 14.3. The molecule has 1 N–H and O–H groups in total. The molecule has 106 valence electrons. The van der Waals surface area contributed by atoms with Gasteiger partial charge in [-0.1, -0.05) is 31.2 Å². The zero-order valence-corrected chi connectivity index (χ0v) is 11.6. The Labute approximate surface area is 118 Å². The lowest BCUT2D eigenvalue weighted by molar-refractivity contribution is -0.130. The average molecular weight is 273 g/mol. The Kier molecular flexibility index (Phi) is 4.56. The number of carboxylic acids is 1. The van der Waals surface area contributed by atoms with Crippen molar-refractivity contribution in [3.63, 3.8) is 0 Å². The number of benzene rings is 1. The van der Waals surface area contributed by atoms with E-state index in [1.54, 1.807) is 24.3 Å². The van der Waals surface area contributed by atoms with Gasteiger partial charge in [-0.05, 0) is 30.5 Å². The van der Waals surface area contributed by atoms with E-state index in [0.29, 0.717) is 6.42 Å². The topological polar surface area (TPSA) is 57.6 Å². The van der Waals surface area contributed by atoms with Crippen LogP contribution in [0, 0.1) is 0 Å². The number of likely N-dealkylation sites (tertiary alicyclic amines) is 1. The van der Waals surface area contributed by atoms with Crippen molar-refractivity contribution in [2.45, 2.75) is 32.2 Å². The van der Waals surface area contributed by atoms with Gasteiger partial charge < -0.3 is 10.0 Å². The van der Waals surface area contributed by atoms with Gasteiger partial charge in [-0.2, -0.15) is 0 Å². The van der Waals surface area contributed by atoms with Crippen molar-refractivity contribution in [3.05, 3.63) is 41.5 Å². The molecular weight excluding hydrogens is 254 g/mol. The van der Waals surface area contributed by atoms with Crippen LogP contribution in [0.15, 0.2) is 30.3 Å². The molecule has 1 aromatic rings. The minimum absolute atomic E-state index is 0.168. The fraction of sp³-hybridized carbons (Fsp3) is 0.375. The summed E-state index contributed by atoms with van der Waals surface area (Å²) >= 11 is 0. The molecule has 1 atom stereocenters. The molecule has 0 spiro atoms. The molecule has 4 heteroatoms. The maximum atomic E-state index is 11.8. The highest BCUT2D eigenvalue weighted by molar-refractivity contribution is 5.87. The number of hydrogen-bond donors (Lipinski definition) is 1. The molecule has 1 aromatic carbocycles. The molecule has 1 amide bonds. The van der Waals surface area contributed by atoms with Gasteiger partial charge in [0.1, 0.15) is 0 Å². The van der Waals surface area contributed by atoms with Crippen molar-refractivity contribution in [2.24, 2.45) is 0 Å². The van der Waals surface area contributed by atoms with Crippen LogP contribution >= 0.6 is 0 Å². The van der Waals surface area contributed by atoms with E-state index < -0.39 is 5.97 Å². The third-order valence-electron chi connectivity index (χ3n) is 3.59. The van der Waals surface area contributed by atoms with E-state index in [-0.39, 0.29) is 17.5 Å². The van der Waals surface area contributed by atoms with Gasteiger partial charge >= 0.3 is 5.97 Å². The standard InChI is InChI=1S/C16H19NO3/c1-2-15(18)17-11-3-4-14(17)10-7-12-5-8-13(9-6-12)16(19)20/h5-10,14H,2-4,11H2,1H3,(H,19,20)/b10-7+. The summed E-state index contributed by atoms with van der Waals surface area (Å²) in [5.74, 6) is -0.727. The van der Waals surface area contributed by atoms with Crippen molar-refractivity contribution < 1.29 is 14.7 Å². The second-order valence-electron chi connectivity index (χ2n) is 4.94. The monoisotopic (exact) mass is 273 g/mol. The smallest absolute Gasteiger partial charge is 0.335 e. The van der Waals surface area contributed by atoms with Crippen LogP contribution in [0.3, 0.4) is 0 Å². The third kappa shape index (κ3) is 3.26. The quantitative estimate of drug-likeness (QED) is 0.917. The lowest BCUT2D eigenvalue weighted by Crippen LogP contribution is -2.33. The first-order valence-corrected chi connectivity index (χ1v) is 6.93. The molecule has 4 nitrogen and oxygen atoms in total. The number of carbonyl (C=O) groups excluding carboxylic acids is 1. The molecule has 20 heavy (non-hydrogen) atoms. The van der Waals surface area contributed by atoms with Crippen molar-refractivity contribution in [1.29, 1.82) is 0 Å². The lowest BCUT2D eigenvalue weighted by atomic mass is 10.1. The Morgan fingerprint density at radius 1 is 1.35 bits per heavy atom. The average Bonchev–Trinajstić information content (AvgIpc) is 2.93.